The largest absolute Gasteiger partial charge is 0.302 e. The molecule has 2 aromatic rings. The van der Waals surface area contributed by atoms with Crippen molar-refractivity contribution in [2.75, 3.05) is 0 Å². The molecular weight excluding hydrogens is 266 g/mol. The molecule has 0 fully saturated rings. The van der Waals surface area contributed by atoms with Gasteiger partial charge in [-0.3, -0.25) is 4.98 Å². The average molecular weight is 287 g/mol. The minimum Gasteiger partial charge on any atom is -0.302 e. The minimum atomic E-state index is 0.165. The number of pyridine rings is 1. The van der Waals surface area contributed by atoms with E-state index in [4.69, 9.17) is 4.98 Å². The van der Waals surface area contributed by atoms with E-state index >= 15 is 0 Å². The molecule has 106 valence electrons. The molecule has 0 saturated heterocycles. The highest BCUT2D eigenvalue weighted by atomic mass is 32.1. The summed E-state index contributed by atoms with van der Waals surface area (Å²) in [4.78, 5) is 10.8. The van der Waals surface area contributed by atoms with Gasteiger partial charge in [0.05, 0.1) is 11.7 Å². The van der Waals surface area contributed by atoms with E-state index in [0.29, 0.717) is 6.04 Å². The van der Waals surface area contributed by atoms with Gasteiger partial charge in [0.2, 0.25) is 0 Å². The third-order valence-corrected chi connectivity index (χ3v) is 4.85. The van der Waals surface area contributed by atoms with E-state index in [1.807, 2.05) is 24.5 Å². The Morgan fingerprint density at radius 2 is 2.10 bits per heavy atom. The van der Waals surface area contributed by atoms with Crippen LogP contribution < -0.4 is 5.32 Å². The Morgan fingerprint density at radius 3 is 2.75 bits per heavy atom. The third-order valence-electron chi connectivity index (χ3n) is 3.63. The lowest BCUT2D eigenvalue weighted by atomic mass is 10.1. The van der Waals surface area contributed by atoms with Crippen molar-refractivity contribution in [3.8, 4) is 0 Å². The van der Waals surface area contributed by atoms with Gasteiger partial charge < -0.3 is 5.32 Å². The highest BCUT2D eigenvalue weighted by Crippen LogP contribution is 2.33. The van der Waals surface area contributed by atoms with Crippen LogP contribution in [0, 0.1) is 6.92 Å². The minimum absolute atomic E-state index is 0.165. The molecule has 0 aromatic carbocycles. The zero-order chi connectivity index (χ0) is 14.1. The molecule has 1 atom stereocenters. The lowest BCUT2D eigenvalue weighted by Gasteiger charge is -2.19. The fourth-order valence-corrected chi connectivity index (χ4v) is 3.87. The number of thiazole rings is 1. The smallest absolute Gasteiger partial charge is 0.115 e. The predicted molar refractivity (Wildman–Crippen MR) is 83.2 cm³/mol. The molecule has 0 aliphatic heterocycles. The Bertz CT molecular complexity index is 565. The zero-order valence-electron chi connectivity index (χ0n) is 12.3. The summed E-state index contributed by atoms with van der Waals surface area (Å²) in [6.45, 7) is 6.37. The van der Waals surface area contributed by atoms with E-state index in [0.717, 1.165) is 12.1 Å². The number of nitrogens with zero attached hydrogens (tertiary/aromatic N) is 2. The van der Waals surface area contributed by atoms with Crippen molar-refractivity contribution in [3.05, 3.63) is 45.2 Å². The summed E-state index contributed by atoms with van der Waals surface area (Å²) < 4.78 is 0. The van der Waals surface area contributed by atoms with Gasteiger partial charge in [0, 0.05) is 22.8 Å². The van der Waals surface area contributed by atoms with Crippen LogP contribution in [0.1, 0.15) is 53.1 Å². The van der Waals surface area contributed by atoms with Gasteiger partial charge >= 0.3 is 0 Å². The fraction of sp³-hybridized carbons (Fsp3) is 0.500. The maximum Gasteiger partial charge on any atom is 0.115 e. The summed E-state index contributed by atoms with van der Waals surface area (Å²) in [6, 6.07) is 4.82. The van der Waals surface area contributed by atoms with Crippen molar-refractivity contribution in [3.63, 3.8) is 0 Å². The monoisotopic (exact) mass is 287 g/mol. The van der Waals surface area contributed by atoms with E-state index < -0.39 is 0 Å². The Hall–Kier alpha value is -1.26. The number of nitrogens with one attached hydrogen (secondary N) is 1. The van der Waals surface area contributed by atoms with E-state index in [1.165, 1.54) is 34.0 Å². The number of aromatic nitrogens is 2. The van der Waals surface area contributed by atoms with Crippen LogP contribution in [0.5, 0.6) is 0 Å². The molecule has 0 amide bonds. The predicted octanol–water partition coefficient (Wildman–Crippen LogP) is 3.42. The maximum atomic E-state index is 4.87. The topological polar surface area (TPSA) is 37.8 Å². The summed E-state index contributed by atoms with van der Waals surface area (Å²) >= 11 is 1.87. The number of rotatable bonds is 4. The second kappa shape index (κ2) is 5.62. The first-order valence-electron chi connectivity index (χ1n) is 7.30. The Morgan fingerprint density at radius 1 is 1.25 bits per heavy atom. The van der Waals surface area contributed by atoms with Crippen LogP contribution in [-0.2, 0) is 12.8 Å². The van der Waals surface area contributed by atoms with Gasteiger partial charge in [0.15, 0.2) is 0 Å². The first-order valence-corrected chi connectivity index (χ1v) is 8.12. The highest BCUT2D eigenvalue weighted by molar-refractivity contribution is 7.11. The molecule has 0 spiro atoms. The summed E-state index contributed by atoms with van der Waals surface area (Å²) in [5, 5.41) is 4.82. The molecule has 1 aliphatic carbocycles. The van der Waals surface area contributed by atoms with Crippen molar-refractivity contribution >= 4 is 11.3 Å². The van der Waals surface area contributed by atoms with Gasteiger partial charge in [0.1, 0.15) is 5.01 Å². The summed E-state index contributed by atoms with van der Waals surface area (Å²) in [6.07, 6.45) is 5.59. The molecule has 3 rings (SSSR count). The zero-order valence-corrected chi connectivity index (χ0v) is 13.1. The van der Waals surface area contributed by atoms with Crippen LogP contribution in [0.25, 0.3) is 0 Å². The van der Waals surface area contributed by atoms with Crippen molar-refractivity contribution < 1.29 is 0 Å². The molecule has 4 heteroatoms. The van der Waals surface area contributed by atoms with E-state index in [9.17, 15) is 0 Å². The molecule has 2 aromatic heterocycles. The van der Waals surface area contributed by atoms with Gasteiger partial charge in [-0.1, -0.05) is 6.07 Å². The van der Waals surface area contributed by atoms with E-state index in [2.05, 4.69) is 36.3 Å². The van der Waals surface area contributed by atoms with Crippen LogP contribution in [0.15, 0.2) is 18.3 Å². The number of fused-ring (bicyclic) bond motifs is 1. The normalized spacial score (nSPS) is 15.6. The number of hydrogen-bond acceptors (Lipinski definition) is 4. The SMILES string of the molecule is Cc1ccc(C(NC(C)C)c2nc3c(s2)CCC3)cn1. The Kier molecular flexibility index (Phi) is 3.85. The summed E-state index contributed by atoms with van der Waals surface area (Å²) in [5.41, 5.74) is 3.58. The van der Waals surface area contributed by atoms with Crippen molar-refractivity contribution in [1.29, 1.82) is 0 Å². The average Bonchev–Trinajstić information content (AvgIpc) is 2.97. The molecule has 0 radical (unpaired) electrons. The van der Waals surface area contributed by atoms with Crippen molar-refractivity contribution in [2.24, 2.45) is 0 Å². The van der Waals surface area contributed by atoms with Gasteiger partial charge in [0.25, 0.3) is 0 Å². The molecule has 20 heavy (non-hydrogen) atoms. The third kappa shape index (κ3) is 2.76. The van der Waals surface area contributed by atoms with Crippen LogP contribution in [0.3, 0.4) is 0 Å². The van der Waals surface area contributed by atoms with Crippen molar-refractivity contribution in [2.45, 2.75) is 52.1 Å². The molecule has 2 heterocycles. The molecule has 0 bridgehead atoms. The summed E-state index contributed by atoms with van der Waals surface area (Å²) in [7, 11) is 0. The van der Waals surface area contributed by atoms with Gasteiger partial charge in [-0.25, -0.2) is 4.98 Å². The molecule has 1 aliphatic rings. The lowest BCUT2D eigenvalue weighted by molar-refractivity contribution is 0.525. The van der Waals surface area contributed by atoms with Crippen LogP contribution in [0.4, 0.5) is 0 Å². The fourth-order valence-electron chi connectivity index (χ4n) is 2.63. The van der Waals surface area contributed by atoms with Gasteiger partial charge in [-0.2, -0.15) is 0 Å². The molecule has 1 unspecified atom stereocenters. The van der Waals surface area contributed by atoms with Gasteiger partial charge in [-0.15, -0.1) is 11.3 Å². The number of hydrogen-bond donors (Lipinski definition) is 1. The lowest BCUT2D eigenvalue weighted by Crippen LogP contribution is -2.29. The van der Waals surface area contributed by atoms with Crippen LogP contribution in [0.2, 0.25) is 0 Å². The standard InChI is InChI=1S/C16H21N3S/c1-10(2)18-15(12-8-7-11(3)17-9-12)16-19-13-5-4-6-14(13)20-16/h7-10,15,18H,4-6H2,1-3H3. The van der Waals surface area contributed by atoms with Crippen molar-refractivity contribution in [1.82, 2.24) is 15.3 Å². The number of aryl methyl sites for hydroxylation is 3. The second-order valence-electron chi connectivity index (χ2n) is 5.76. The molecule has 0 saturated carbocycles. The maximum absolute atomic E-state index is 4.87. The van der Waals surface area contributed by atoms with E-state index in [-0.39, 0.29) is 6.04 Å². The molecular formula is C16H21N3S. The molecule has 3 nitrogen and oxygen atoms in total. The summed E-state index contributed by atoms with van der Waals surface area (Å²) in [5.74, 6) is 0. The van der Waals surface area contributed by atoms with Gasteiger partial charge in [-0.05, 0) is 51.7 Å². The molecule has 1 N–H and O–H groups in total. The highest BCUT2D eigenvalue weighted by Gasteiger charge is 2.23. The van der Waals surface area contributed by atoms with Crippen LogP contribution in [-0.4, -0.2) is 16.0 Å². The Labute approximate surface area is 124 Å². The van der Waals surface area contributed by atoms with Crippen LogP contribution >= 0.6 is 11.3 Å². The first-order chi connectivity index (χ1) is 9.63. The van der Waals surface area contributed by atoms with E-state index in [1.54, 1.807) is 0 Å². The first kappa shape index (κ1) is 13.7. The Balaban J connectivity index is 1.94. The quantitative estimate of drug-likeness (QED) is 0.936. The second-order valence-corrected chi connectivity index (χ2v) is 6.88.